The first-order valence-electron chi connectivity index (χ1n) is 6.50. The lowest BCUT2D eigenvalue weighted by atomic mass is 10.0. The SMILES string of the molecule is Cn1cc(CNCCC(C)(C)N)c2ccccc21. The molecule has 0 fully saturated rings. The van der Waals surface area contributed by atoms with Crippen LogP contribution in [0.1, 0.15) is 25.8 Å². The zero-order chi connectivity index (χ0) is 13.2. The Balaban J connectivity index is 2.00. The number of nitrogens with one attached hydrogen (secondary N) is 1. The molecule has 0 saturated heterocycles. The Bertz CT molecular complexity index is 520. The molecule has 0 unspecified atom stereocenters. The number of aromatic nitrogens is 1. The van der Waals surface area contributed by atoms with Crippen molar-refractivity contribution < 1.29 is 0 Å². The van der Waals surface area contributed by atoms with Crippen LogP contribution in [0.25, 0.3) is 10.9 Å². The first-order chi connectivity index (χ1) is 8.47. The minimum absolute atomic E-state index is 0.0915. The highest BCUT2D eigenvalue weighted by atomic mass is 14.9. The van der Waals surface area contributed by atoms with Crippen molar-refractivity contribution in [3.8, 4) is 0 Å². The molecule has 1 aromatic carbocycles. The molecule has 0 amide bonds. The van der Waals surface area contributed by atoms with Crippen LogP contribution in [-0.2, 0) is 13.6 Å². The average molecular weight is 245 g/mol. The van der Waals surface area contributed by atoms with E-state index in [0.29, 0.717) is 0 Å². The van der Waals surface area contributed by atoms with Gasteiger partial charge >= 0.3 is 0 Å². The predicted molar refractivity (Wildman–Crippen MR) is 77.5 cm³/mol. The first kappa shape index (κ1) is 13.1. The molecule has 0 aliphatic carbocycles. The monoisotopic (exact) mass is 245 g/mol. The minimum atomic E-state index is -0.0915. The van der Waals surface area contributed by atoms with Gasteiger partial charge in [-0.25, -0.2) is 0 Å². The summed E-state index contributed by atoms with van der Waals surface area (Å²) < 4.78 is 2.18. The minimum Gasteiger partial charge on any atom is -0.350 e. The van der Waals surface area contributed by atoms with Gasteiger partial charge in [-0.3, -0.25) is 0 Å². The average Bonchev–Trinajstić information content (AvgIpc) is 2.62. The van der Waals surface area contributed by atoms with Gasteiger partial charge in [0.2, 0.25) is 0 Å². The van der Waals surface area contributed by atoms with Crippen LogP contribution in [0.15, 0.2) is 30.5 Å². The molecule has 3 nitrogen and oxygen atoms in total. The summed E-state index contributed by atoms with van der Waals surface area (Å²) >= 11 is 0. The maximum absolute atomic E-state index is 5.97. The number of para-hydroxylation sites is 1. The van der Waals surface area contributed by atoms with Crippen molar-refractivity contribution in [2.24, 2.45) is 12.8 Å². The third-order valence-corrected chi connectivity index (χ3v) is 3.24. The highest BCUT2D eigenvalue weighted by molar-refractivity contribution is 5.83. The number of nitrogens with zero attached hydrogens (tertiary/aromatic N) is 1. The van der Waals surface area contributed by atoms with Crippen LogP contribution in [0, 0.1) is 0 Å². The van der Waals surface area contributed by atoms with Crippen molar-refractivity contribution in [2.45, 2.75) is 32.4 Å². The molecule has 0 aliphatic rings. The van der Waals surface area contributed by atoms with Gasteiger partial charge < -0.3 is 15.6 Å². The molecular formula is C15H23N3. The summed E-state index contributed by atoms with van der Waals surface area (Å²) in [5, 5.41) is 4.80. The van der Waals surface area contributed by atoms with E-state index in [9.17, 15) is 0 Å². The second-order valence-electron chi connectivity index (χ2n) is 5.70. The molecule has 2 aromatic rings. The Hall–Kier alpha value is -1.32. The molecule has 3 N–H and O–H groups in total. The smallest absolute Gasteiger partial charge is 0.0481 e. The van der Waals surface area contributed by atoms with E-state index >= 15 is 0 Å². The summed E-state index contributed by atoms with van der Waals surface area (Å²) in [6, 6.07) is 8.51. The van der Waals surface area contributed by atoms with E-state index in [1.807, 2.05) is 0 Å². The van der Waals surface area contributed by atoms with E-state index in [0.717, 1.165) is 19.5 Å². The van der Waals surface area contributed by atoms with E-state index in [2.05, 4.69) is 61.2 Å². The molecule has 2 rings (SSSR count). The molecule has 0 saturated carbocycles. The Morgan fingerprint density at radius 1 is 1.28 bits per heavy atom. The highest BCUT2D eigenvalue weighted by Crippen LogP contribution is 2.19. The Morgan fingerprint density at radius 3 is 2.72 bits per heavy atom. The van der Waals surface area contributed by atoms with Gasteiger partial charge in [-0.1, -0.05) is 18.2 Å². The third-order valence-electron chi connectivity index (χ3n) is 3.24. The molecule has 0 atom stereocenters. The van der Waals surface area contributed by atoms with Crippen molar-refractivity contribution in [3.05, 3.63) is 36.0 Å². The fourth-order valence-corrected chi connectivity index (χ4v) is 2.20. The summed E-state index contributed by atoms with van der Waals surface area (Å²) in [7, 11) is 2.09. The van der Waals surface area contributed by atoms with Crippen molar-refractivity contribution in [1.82, 2.24) is 9.88 Å². The van der Waals surface area contributed by atoms with Gasteiger partial charge in [0, 0.05) is 36.2 Å². The maximum Gasteiger partial charge on any atom is 0.0481 e. The fourth-order valence-electron chi connectivity index (χ4n) is 2.20. The summed E-state index contributed by atoms with van der Waals surface area (Å²) in [4.78, 5) is 0. The number of nitrogens with two attached hydrogens (primary N) is 1. The quantitative estimate of drug-likeness (QED) is 0.794. The van der Waals surface area contributed by atoms with Crippen molar-refractivity contribution in [1.29, 1.82) is 0 Å². The van der Waals surface area contributed by atoms with Crippen molar-refractivity contribution >= 4 is 10.9 Å². The topological polar surface area (TPSA) is 43.0 Å². The molecule has 0 spiro atoms. The normalized spacial score (nSPS) is 12.2. The second kappa shape index (κ2) is 5.12. The van der Waals surface area contributed by atoms with Crippen molar-refractivity contribution in [3.63, 3.8) is 0 Å². The van der Waals surface area contributed by atoms with Crippen LogP contribution in [0.3, 0.4) is 0 Å². The maximum atomic E-state index is 5.97. The van der Waals surface area contributed by atoms with E-state index in [-0.39, 0.29) is 5.54 Å². The van der Waals surface area contributed by atoms with E-state index in [1.165, 1.54) is 16.5 Å². The van der Waals surface area contributed by atoms with Gasteiger partial charge in [0.15, 0.2) is 0 Å². The molecule has 1 heterocycles. The molecule has 1 aromatic heterocycles. The van der Waals surface area contributed by atoms with Gasteiger partial charge in [-0.15, -0.1) is 0 Å². The van der Waals surface area contributed by atoms with Gasteiger partial charge in [0.25, 0.3) is 0 Å². The van der Waals surface area contributed by atoms with E-state index in [1.54, 1.807) is 0 Å². The lowest BCUT2D eigenvalue weighted by molar-refractivity contribution is 0.455. The molecular weight excluding hydrogens is 222 g/mol. The summed E-state index contributed by atoms with van der Waals surface area (Å²) in [6.07, 6.45) is 3.18. The molecule has 98 valence electrons. The third kappa shape index (κ3) is 3.12. The molecule has 0 bridgehead atoms. The van der Waals surface area contributed by atoms with Gasteiger partial charge in [-0.2, -0.15) is 0 Å². The second-order valence-corrected chi connectivity index (χ2v) is 5.70. The summed E-state index contributed by atoms with van der Waals surface area (Å²) in [5.41, 5.74) is 8.51. The van der Waals surface area contributed by atoms with Gasteiger partial charge in [0.1, 0.15) is 0 Å². The lowest BCUT2D eigenvalue weighted by Crippen LogP contribution is -2.35. The summed E-state index contributed by atoms with van der Waals surface area (Å²) in [6.45, 7) is 5.98. The van der Waals surface area contributed by atoms with Crippen LogP contribution in [0.5, 0.6) is 0 Å². The largest absolute Gasteiger partial charge is 0.350 e. The van der Waals surface area contributed by atoms with E-state index in [4.69, 9.17) is 5.73 Å². The number of aryl methyl sites for hydroxylation is 1. The summed E-state index contributed by atoms with van der Waals surface area (Å²) in [5.74, 6) is 0. The van der Waals surface area contributed by atoms with Crippen LogP contribution >= 0.6 is 0 Å². The van der Waals surface area contributed by atoms with E-state index < -0.39 is 0 Å². The van der Waals surface area contributed by atoms with Gasteiger partial charge in [-0.05, 0) is 38.4 Å². The van der Waals surface area contributed by atoms with Gasteiger partial charge in [0.05, 0.1) is 0 Å². The first-order valence-corrected chi connectivity index (χ1v) is 6.50. The number of hydrogen-bond acceptors (Lipinski definition) is 2. The van der Waals surface area contributed by atoms with Crippen LogP contribution in [-0.4, -0.2) is 16.7 Å². The Morgan fingerprint density at radius 2 is 2.00 bits per heavy atom. The van der Waals surface area contributed by atoms with Crippen molar-refractivity contribution in [2.75, 3.05) is 6.54 Å². The standard InChI is InChI=1S/C15H23N3/c1-15(2,16)8-9-17-10-12-11-18(3)14-7-5-4-6-13(12)14/h4-7,11,17H,8-10,16H2,1-3H3. The number of rotatable bonds is 5. The predicted octanol–water partition coefficient (Wildman–Crippen LogP) is 2.40. The number of hydrogen-bond donors (Lipinski definition) is 2. The Kier molecular flexibility index (Phi) is 3.73. The zero-order valence-corrected chi connectivity index (χ0v) is 11.5. The number of benzene rings is 1. The Labute approximate surface area is 109 Å². The van der Waals surface area contributed by atoms with Crippen LogP contribution in [0.2, 0.25) is 0 Å². The number of fused-ring (bicyclic) bond motifs is 1. The molecule has 0 radical (unpaired) electrons. The lowest BCUT2D eigenvalue weighted by Gasteiger charge is -2.18. The zero-order valence-electron chi connectivity index (χ0n) is 11.5. The van der Waals surface area contributed by atoms with Crippen LogP contribution in [0.4, 0.5) is 0 Å². The molecule has 18 heavy (non-hydrogen) atoms. The highest BCUT2D eigenvalue weighted by Gasteiger charge is 2.10. The molecule has 0 aliphatic heterocycles. The molecule has 3 heteroatoms. The fraction of sp³-hybridized carbons (Fsp3) is 0.467. The van der Waals surface area contributed by atoms with Crippen LogP contribution < -0.4 is 11.1 Å².